The van der Waals surface area contributed by atoms with Crippen LogP contribution in [0.3, 0.4) is 0 Å². The van der Waals surface area contributed by atoms with E-state index in [1.807, 2.05) is 22.9 Å². The summed E-state index contributed by atoms with van der Waals surface area (Å²) in [5.41, 5.74) is 3.04. The maximum atomic E-state index is 5.33. The average molecular weight is 363 g/mol. The molecule has 0 saturated heterocycles. The van der Waals surface area contributed by atoms with Crippen molar-refractivity contribution in [2.45, 2.75) is 33.9 Å². The number of halogens is 1. The number of rotatable bonds is 4. The van der Waals surface area contributed by atoms with Crippen LogP contribution in [0.4, 0.5) is 5.69 Å². The molecule has 5 nitrogen and oxygen atoms in total. The fraction of sp³-hybridized carbons (Fsp3) is 0.375. The molecule has 3 aromatic rings. The first-order valence-corrected chi connectivity index (χ1v) is 8.01. The van der Waals surface area contributed by atoms with E-state index in [-0.39, 0.29) is 5.41 Å². The van der Waals surface area contributed by atoms with Crippen molar-refractivity contribution in [3.05, 3.63) is 40.8 Å². The van der Waals surface area contributed by atoms with Crippen LogP contribution in [-0.4, -0.2) is 15.0 Å². The number of nitrogens with zero attached hydrogens (tertiary/aromatic N) is 3. The number of hydrogen-bond donors (Lipinski definition) is 1. The number of furan rings is 1. The molecular weight excluding hydrogens is 344 g/mol. The van der Waals surface area contributed by atoms with Crippen molar-refractivity contribution in [1.82, 2.24) is 15.0 Å². The van der Waals surface area contributed by atoms with Gasteiger partial charge in [0.1, 0.15) is 11.3 Å². The maximum Gasteiger partial charge on any atom is 0.129 e. The van der Waals surface area contributed by atoms with Crippen LogP contribution in [0.2, 0.25) is 0 Å². The van der Waals surface area contributed by atoms with Crippen LogP contribution >= 0.6 is 15.9 Å². The Morgan fingerprint density at radius 2 is 2.09 bits per heavy atom. The number of fused-ring (bicyclic) bond motifs is 1. The quantitative estimate of drug-likeness (QED) is 0.744. The van der Waals surface area contributed by atoms with Gasteiger partial charge in [-0.3, -0.25) is 0 Å². The number of anilines is 1. The van der Waals surface area contributed by atoms with E-state index >= 15 is 0 Å². The highest BCUT2D eigenvalue weighted by Crippen LogP contribution is 2.31. The Labute approximate surface area is 137 Å². The van der Waals surface area contributed by atoms with Crippen molar-refractivity contribution in [3.63, 3.8) is 0 Å². The molecule has 1 N–H and O–H groups in total. The minimum Gasteiger partial charge on any atom is -0.467 e. The van der Waals surface area contributed by atoms with E-state index in [2.05, 4.69) is 58.4 Å². The second-order valence-electron chi connectivity index (χ2n) is 6.54. The van der Waals surface area contributed by atoms with Crippen molar-refractivity contribution >= 4 is 32.7 Å². The Morgan fingerprint density at radius 1 is 1.27 bits per heavy atom. The van der Waals surface area contributed by atoms with Gasteiger partial charge < -0.3 is 9.73 Å². The summed E-state index contributed by atoms with van der Waals surface area (Å²) >= 11 is 3.63. The van der Waals surface area contributed by atoms with E-state index in [0.29, 0.717) is 6.54 Å². The van der Waals surface area contributed by atoms with Gasteiger partial charge in [-0.1, -0.05) is 26.0 Å². The van der Waals surface area contributed by atoms with E-state index in [4.69, 9.17) is 4.42 Å². The largest absolute Gasteiger partial charge is 0.467 e. The zero-order chi connectivity index (χ0) is 15.7. The topological polar surface area (TPSA) is 55.9 Å². The number of nitrogens with one attached hydrogen (secondary N) is 1. The molecule has 0 radical (unpaired) electrons. The molecule has 0 amide bonds. The van der Waals surface area contributed by atoms with Crippen LogP contribution in [0.5, 0.6) is 0 Å². The Kier molecular flexibility index (Phi) is 3.95. The summed E-state index contributed by atoms with van der Waals surface area (Å²) in [5, 5.41) is 11.9. The Bertz CT molecular complexity index is 771. The molecular formula is C16H19BrN4O. The fourth-order valence-corrected chi connectivity index (χ4v) is 2.86. The van der Waals surface area contributed by atoms with Gasteiger partial charge in [-0.05, 0) is 45.6 Å². The minimum atomic E-state index is 0.156. The van der Waals surface area contributed by atoms with Gasteiger partial charge in [0.25, 0.3) is 0 Å². The van der Waals surface area contributed by atoms with Gasteiger partial charge in [-0.25, -0.2) is 4.68 Å². The highest BCUT2D eigenvalue weighted by atomic mass is 79.9. The van der Waals surface area contributed by atoms with Crippen LogP contribution < -0.4 is 5.32 Å². The van der Waals surface area contributed by atoms with Crippen molar-refractivity contribution in [2.24, 2.45) is 5.41 Å². The average Bonchev–Trinajstić information content (AvgIpc) is 3.07. The lowest BCUT2D eigenvalue weighted by Crippen LogP contribution is -2.16. The van der Waals surface area contributed by atoms with Gasteiger partial charge in [-0.2, -0.15) is 0 Å². The van der Waals surface area contributed by atoms with Crippen LogP contribution in [0.1, 0.15) is 26.5 Å². The van der Waals surface area contributed by atoms with Crippen molar-refractivity contribution in [1.29, 1.82) is 0 Å². The zero-order valence-electron chi connectivity index (χ0n) is 12.9. The predicted molar refractivity (Wildman–Crippen MR) is 90.7 cm³/mol. The SMILES string of the molecule is CC(C)(C)Cn1nnc2c(Br)c(NCc3ccco3)ccc21. The van der Waals surface area contributed by atoms with Gasteiger partial charge in [0.15, 0.2) is 0 Å². The standard InChI is InChI=1S/C16H19BrN4O/c1-16(2,3)10-21-13-7-6-12(14(17)15(13)19-20-21)18-9-11-5-4-8-22-11/h4-8,18H,9-10H2,1-3H3. The minimum absolute atomic E-state index is 0.156. The molecule has 0 fully saturated rings. The van der Waals surface area contributed by atoms with E-state index in [9.17, 15) is 0 Å². The highest BCUT2D eigenvalue weighted by molar-refractivity contribution is 9.10. The van der Waals surface area contributed by atoms with Gasteiger partial charge in [0, 0.05) is 6.54 Å². The summed E-state index contributed by atoms with van der Waals surface area (Å²) in [6.45, 7) is 8.03. The highest BCUT2D eigenvalue weighted by Gasteiger charge is 2.17. The monoisotopic (exact) mass is 362 g/mol. The van der Waals surface area contributed by atoms with Crippen LogP contribution in [0, 0.1) is 5.41 Å². The Balaban J connectivity index is 1.87. The lowest BCUT2D eigenvalue weighted by atomic mass is 9.97. The summed E-state index contributed by atoms with van der Waals surface area (Å²) in [5.74, 6) is 0.892. The third kappa shape index (κ3) is 3.16. The smallest absolute Gasteiger partial charge is 0.129 e. The van der Waals surface area contributed by atoms with Crippen molar-refractivity contribution in [3.8, 4) is 0 Å². The Hall–Kier alpha value is -1.82. The molecule has 0 aliphatic carbocycles. The van der Waals surface area contributed by atoms with Crippen molar-refractivity contribution in [2.75, 3.05) is 5.32 Å². The summed E-state index contributed by atoms with van der Waals surface area (Å²) in [7, 11) is 0. The summed E-state index contributed by atoms with van der Waals surface area (Å²) in [6.07, 6.45) is 1.67. The molecule has 22 heavy (non-hydrogen) atoms. The maximum absolute atomic E-state index is 5.33. The second kappa shape index (κ2) is 5.76. The predicted octanol–water partition coefficient (Wildman–Crippen LogP) is 4.45. The van der Waals surface area contributed by atoms with E-state index < -0.39 is 0 Å². The Morgan fingerprint density at radius 3 is 2.77 bits per heavy atom. The molecule has 116 valence electrons. The molecule has 3 rings (SSSR count). The molecule has 0 aliphatic rings. The van der Waals surface area contributed by atoms with Gasteiger partial charge in [-0.15, -0.1) is 5.10 Å². The molecule has 0 unspecified atom stereocenters. The van der Waals surface area contributed by atoms with E-state index in [1.165, 1.54) is 0 Å². The normalized spacial score (nSPS) is 12.0. The van der Waals surface area contributed by atoms with Crippen molar-refractivity contribution < 1.29 is 4.42 Å². The molecule has 2 aromatic heterocycles. The molecule has 0 aliphatic heterocycles. The third-order valence-corrected chi connectivity index (χ3v) is 4.09. The number of benzene rings is 1. The van der Waals surface area contributed by atoms with Gasteiger partial charge in [0.05, 0.1) is 28.5 Å². The van der Waals surface area contributed by atoms with Gasteiger partial charge in [0.2, 0.25) is 0 Å². The second-order valence-corrected chi connectivity index (χ2v) is 7.33. The summed E-state index contributed by atoms with van der Waals surface area (Å²) < 4.78 is 8.21. The summed E-state index contributed by atoms with van der Waals surface area (Å²) in [4.78, 5) is 0. The first-order chi connectivity index (χ1) is 10.4. The molecule has 1 aromatic carbocycles. The molecule has 0 atom stereocenters. The first kappa shape index (κ1) is 15.1. The van der Waals surface area contributed by atoms with E-state index in [0.717, 1.165) is 33.5 Å². The van der Waals surface area contributed by atoms with Crippen LogP contribution in [0.25, 0.3) is 11.0 Å². The van der Waals surface area contributed by atoms with Crippen LogP contribution in [-0.2, 0) is 13.1 Å². The molecule has 2 heterocycles. The van der Waals surface area contributed by atoms with Crippen LogP contribution in [0.15, 0.2) is 39.4 Å². The number of hydrogen-bond acceptors (Lipinski definition) is 4. The van der Waals surface area contributed by atoms with E-state index in [1.54, 1.807) is 6.26 Å². The summed E-state index contributed by atoms with van der Waals surface area (Å²) in [6, 6.07) is 7.92. The van der Waals surface area contributed by atoms with Gasteiger partial charge >= 0.3 is 0 Å². The lowest BCUT2D eigenvalue weighted by molar-refractivity contribution is 0.327. The molecule has 0 saturated carbocycles. The fourth-order valence-electron chi connectivity index (χ4n) is 2.30. The number of aromatic nitrogens is 3. The molecule has 0 bridgehead atoms. The molecule has 6 heteroatoms. The third-order valence-electron chi connectivity index (χ3n) is 3.28. The molecule has 0 spiro atoms. The first-order valence-electron chi connectivity index (χ1n) is 7.22. The lowest BCUT2D eigenvalue weighted by Gasteiger charge is -2.18. The zero-order valence-corrected chi connectivity index (χ0v) is 14.5.